The maximum absolute atomic E-state index is 13.4. The molecule has 0 aliphatic heterocycles. The lowest BCUT2D eigenvalue weighted by Crippen LogP contribution is -2.35. The second-order valence-electron chi connectivity index (χ2n) is 4.40. The smallest absolute Gasteiger partial charge is 0.142 e. The van der Waals surface area contributed by atoms with Crippen LogP contribution in [0.25, 0.3) is 0 Å². The SMILES string of the molecule is CC(CCCO)NC(CN)c1ccc(Cl)c(F)c1. The first-order valence-corrected chi connectivity index (χ1v) is 6.48. The normalized spacial score (nSPS) is 14.5. The van der Waals surface area contributed by atoms with Gasteiger partial charge in [0, 0.05) is 25.2 Å². The van der Waals surface area contributed by atoms with Gasteiger partial charge in [0.1, 0.15) is 5.82 Å². The number of aliphatic hydroxyl groups is 1. The van der Waals surface area contributed by atoms with Gasteiger partial charge in [-0.15, -0.1) is 0 Å². The van der Waals surface area contributed by atoms with Crippen molar-refractivity contribution in [3.8, 4) is 0 Å². The molecule has 0 aromatic heterocycles. The van der Waals surface area contributed by atoms with E-state index in [9.17, 15) is 4.39 Å². The minimum Gasteiger partial charge on any atom is -0.396 e. The molecule has 3 nitrogen and oxygen atoms in total. The molecule has 0 bridgehead atoms. The molecule has 0 heterocycles. The number of benzene rings is 1. The van der Waals surface area contributed by atoms with Gasteiger partial charge >= 0.3 is 0 Å². The molecule has 0 saturated heterocycles. The Bertz CT molecular complexity index is 376. The van der Waals surface area contributed by atoms with E-state index >= 15 is 0 Å². The van der Waals surface area contributed by atoms with Gasteiger partial charge in [0.15, 0.2) is 0 Å². The third-order valence-corrected chi connectivity index (χ3v) is 3.17. The third-order valence-electron chi connectivity index (χ3n) is 2.86. The predicted molar refractivity (Wildman–Crippen MR) is 72.1 cm³/mol. The summed E-state index contributed by atoms with van der Waals surface area (Å²) in [7, 11) is 0. The molecule has 102 valence electrons. The van der Waals surface area contributed by atoms with Crippen molar-refractivity contribution in [3.63, 3.8) is 0 Å². The zero-order valence-corrected chi connectivity index (χ0v) is 11.3. The summed E-state index contributed by atoms with van der Waals surface area (Å²) in [5.41, 5.74) is 6.49. The highest BCUT2D eigenvalue weighted by Crippen LogP contribution is 2.20. The maximum Gasteiger partial charge on any atom is 0.142 e. The fourth-order valence-electron chi connectivity index (χ4n) is 1.85. The summed E-state index contributed by atoms with van der Waals surface area (Å²) in [6.07, 6.45) is 1.59. The van der Waals surface area contributed by atoms with E-state index in [0.717, 1.165) is 18.4 Å². The van der Waals surface area contributed by atoms with E-state index in [1.807, 2.05) is 6.92 Å². The number of hydrogen-bond donors (Lipinski definition) is 3. The molecule has 0 aliphatic rings. The van der Waals surface area contributed by atoms with Crippen molar-refractivity contribution in [3.05, 3.63) is 34.6 Å². The molecule has 2 unspecified atom stereocenters. The highest BCUT2D eigenvalue weighted by molar-refractivity contribution is 6.30. The molecule has 1 aromatic rings. The van der Waals surface area contributed by atoms with Crippen molar-refractivity contribution in [2.75, 3.05) is 13.2 Å². The highest BCUT2D eigenvalue weighted by Gasteiger charge is 2.14. The molecule has 18 heavy (non-hydrogen) atoms. The standard InChI is InChI=1S/C13H20ClFN2O/c1-9(3-2-6-18)17-13(8-16)10-4-5-11(14)12(15)7-10/h4-5,7,9,13,17-18H,2-3,6,8,16H2,1H3. The molecule has 2 atom stereocenters. The van der Waals surface area contributed by atoms with Gasteiger partial charge in [0.05, 0.1) is 5.02 Å². The molecule has 0 spiro atoms. The molecule has 4 N–H and O–H groups in total. The quantitative estimate of drug-likeness (QED) is 0.715. The second kappa shape index (κ2) is 7.69. The van der Waals surface area contributed by atoms with E-state index in [2.05, 4.69) is 5.32 Å². The maximum atomic E-state index is 13.4. The van der Waals surface area contributed by atoms with Crippen molar-refractivity contribution in [1.82, 2.24) is 5.32 Å². The van der Waals surface area contributed by atoms with Crippen molar-refractivity contribution in [2.24, 2.45) is 5.73 Å². The zero-order chi connectivity index (χ0) is 13.5. The Balaban J connectivity index is 2.67. The summed E-state index contributed by atoms with van der Waals surface area (Å²) in [5.74, 6) is -0.433. The van der Waals surface area contributed by atoms with Crippen LogP contribution in [0.15, 0.2) is 18.2 Å². The zero-order valence-electron chi connectivity index (χ0n) is 10.5. The minimum atomic E-state index is -0.433. The first-order valence-electron chi connectivity index (χ1n) is 6.10. The largest absolute Gasteiger partial charge is 0.396 e. The summed E-state index contributed by atoms with van der Waals surface area (Å²) in [4.78, 5) is 0. The Morgan fingerprint density at radius 2 is 2.22 bits per heavy atom. The van der Waals surface area contributed by atoms with Gasteiger partial charge in [0.25, 0.3) is 0 Å². The van der Waals surface area contributed by atoms with E-state index in [-0.39, 0.29) is 23.7 Å². The number of nitrogens with one attached hydrogen (secondary N) is 1. The van der Waals surface area contributed by atoms with Crippen LogP contribution in [-0.4, -0.2) is 24.3 Å². The van der Waals surface area contributed by atoms with E-state index in [1.165, 1.54) is 12.1 Å². The Morgan fingerprint density at radius 3 is 2.78 bits per heavy atom. The first-order chi connectivity index (χ1) is 8.58. The Labute approximate surface area is 112 Å². The van der Waals surface area contributed by atoms with Crippen molar-refractivity contribution >= 4 is 11.6 Å². The van der Waals surface area contributed by atoms with Crippen LogP contribution < -0.4 is 11.1 Å². The van der Waals surface area contributed by atoms with Gasteiger partial charge in [-0.2, -0.15) is 0 Å². The lowest BCUT2D eigenvalue weighted by atomic mass is 10.0. The Morgan fingerprint density at radius 1 is 1.50 bits per heavy atom. The molecule has 0 saturated carbocycles. The average Bonchev–Trinajstić information content (AvgIpc) is 2.37. The number of aliphatic hydroxyl groups excluding tert-OH is 1. The van der Waals surface area contributed by atoms with Crippen molar-refractivity contribution in [2.45, 2.75) is 31.8 Å². The molecular weight excluding hydrogens is 255 g/mol. The van der Waals surface area contributed by atoms with Gasteiger partial charge in [-0.3, -0.25) is 0 Å². The van der Waals surface area contributed by atoms with Gasteiger partial charge in [-0.25, -0.2) is 4.39 Å². The number of nitrogens with two attached hydrogens (primary N) is 1. The van der Waals surface area contributed by atoms with Crippen LogP contribution in [-0.2, 0) is 0 Å². The van der Waals surface area contributed by atoms with Gasteiger partial charge in [-0.1, -0.05) is 17.7 Å². The highest BCUT2D eigenvalue weighted by atomic mass is 35.5. The molecule has 0 radical (unpaired) electrons. The summed E-state index contributed by atoms with van der Waals surface area (Å²) in [5, 5.41) is 12.2. The minimum absolute atomic E-state index is 0.106. The third kappa shape index (κ3) is 4.53. The van der Waals surface area contributed by atoms with E-state index in [0.29, 0.717) is 6.54 Å². The van der Waals surface area contributed by atoms with E-state index < -0.39 is 5.82 Å². The molecular formula is C13H20ClFN2O. The van der Waals surface area contributed by atoms with Crippen LogP contribution in [0, 0.1) is 5.82 Å². The van der Waals surface area contributed by atoms with Crippen LogP contribution >= 0.6 is 11.6 Å². The lowest BCUT2D eigenvalue weighted by Gasteiger charge is -2.22. The van der Waals surface area contributed by atoms with Crippen LogP contribution in [0.4, 0.5) is 4.39 Å². The summed E-state index contributed by atoms with van der Waals surface area (Å²) in [6.45, 7) is 2.57. The van der Waals surface area contributed by atoms with E-state index in [4.69, 9.17) is 22.4 Å². The molecule has 0 fully saturated rings. The summed E-state index contributed by atoms with van der Waals surface area (Å²) in [6, 6.07) is 4.82. The lowest BCUT2D eigenvalue weighted by molar-refractivity contribution is 0.274. The van der Waals surface area contributed by atoms with Crippen LogP contribution in [0.1, 0.15) is 31.4 Å². The molecule has 1 rings (SSSR count). The molecule has 1 aromatic carbocycles. The topological polar surface area (TPSA) is 58.3 Å². The van der Waals surface area contributed by atoms with Gasteiger partial charge in [-0.05, 0) is 37.5 Å². The number of rotatable bonds is 7. The van der Waals surface area contributed by atoms with Crippen LogP contribution in [0.2, 0.25) is 5.02 Å². The van der Waals surface area contributed by atoms with Crippen molar-refractivity contribution in [1.29, 1.82) is 0 Å². The average molecular weight is 275 g/mol. The fourth-order valence-corrected chi connectivity index (χ4v) is 1.97. The van der Waals surface area contributed by atoms with Crippen LogP contribution in [0.5, 0.6) is 0 Å². The predicted octanol–water partition coefficient (Wildman–Crippen LogP) is 2.23. The second-order valence-corrected chi connectivity index (χ2v) is 4.80. The number of hydrogen-bond acceptors (Lipinski definition) is 3. The van der Waals surface area contributed by atoms with Gasteiger partial charge < -0.3 is 16.2 Å². The monoisotopic (exact) mass is 274 g/mol. The summed E-state index contributed by atoms with van der Waals surface area (Å²) < 4.78 is 13.4. The Kier molecular flexibility index (Phi) is 6.57. The van der Waals surface area contributed by atoms with Crippen LogP contribution in [0.3, 0.4) is 0 Å². The molecule has 5 heteroatoms. The first kappa shape index (κ1) is 15.4. The molecule has 0 amide bonds. The fraction of sp³-hybridized carbons (Fsp3) is 0.538. The molecule has 0 aliphatic carbocycles. The number of halogens is 2. The van der Waals surface area contributed by atoms with E-state index in [1.54, 1.807) is 6.07 Å². The van der Waals surface area contributed by atoms with Gasteiger partial charge in [0.2, 0.25) is 0 Å². The Hall–Kier alpha value is -0.680. The summed E-state index contributed by atoms with van der Waals surface area (Å²) >= 11 is 5.65. The van der Waals surface area contributed by atoms with Crippen molar-refractivity contribution < 1.29 is 9.50 Å².